The third-order valence-corrected chi connectivity index (χ3v) is 3.66. The van der Waals surface area contributed by atoms with Crippen LogP contribution in [-0.2, 0) is 6.42 Å². The molecule has 2 aromatic rings. The molecular weight excluding hydrogens is 292 g/mol. The number of benzene rings is 1. The zero-order valence-corrected chi connectivity index (χ0v) is 12.1. The molecular formula is C13H14N4O3S. The van der Waals surface area contributed by atoms with Gasteiger partial charge in [0.15, 0.2) is 0 Å². The summed E-state index contributed by atoms with van der Waals surface area (Å²) in [6.45, 7) is 0.535. The number of amides is 1. The summed E-state index contributed by atoms with van der Waals surface area (Å²) in [5, 5.41) is 19.4. The predicted molar refractivity (Wildman–Crippen MR) is 80.8 cm³/mol. The monoisotopic (exact) mass is 306 g/mol. The van der Waals surface area contributed by atoms with Gasteiger partial charge >= 0.3 is 0 Å². The average molecular weight is 306 g/mol. The van der Waals surface area contributed by atoms with Crippen LogP contribution in [0.4, 0.5) is 11.4 Å². The van der Waals surface area contributed by atoms with Crippen molar-refractivity contribution in [3.63, 3.8) is 0 Å². The van der Waals surface area contributed by atoms with Crippen molar-refractivity contribution >= 4 is 28.6 Å². The molecule has 0 aliphatic carbocycles. The van der Waals surface area contributed by atoms with E-state index in [0.29, 0.717) is 18.7 Å². The van der Waals surface area contributed by atoms with Crippen LogP contribution in [0, 0.1) is 10.1 Å². The van der Waals surface area contributed by atoms with Crippen LogP contribution in [0.3, 0.4) is 0 Å². The van der Waals surface area contributed by atoms with E-state index in [1.54, 1.807) is 18.3 Å². The molecule has 1 heterocycles. The van der Waals surface area contributed by atoms with Crippen LogP contribution >= 0.6 is 11.3 Å². The average Bonchev–Trinajstić information content (AvgIpc) is 2.99. The molecule has 0 aliphatic rings. The molecule has 1 amide bonds. The minimum atomic E-state index is -0.502. The van der Waals surface area contributed by atoms with E-state index in [0.717, 1.165) is 5.01 Å². The summed E-state index contributed by atoms with van der Waals surface area (Å²) < 4.78 is 0. The van der Waals surface area contributed by atoms with Gasteiger partial charge in [-0.15, -0.1) is 11.3 Å². The lowest BCUT2D eigenvalue weighted by Crippen LogP contribution is -2.18. The Labute approximate surface area is 125 Å². The highest BCUT2D eigenvalue weighted by Crippen LogP contribution is 2.25. The van der Waals surface area contributed by atoms with Crippen LogP contribution < -0.4 is 10.6 Å². The maximum atomic E-state index is 11.5. The van der Waals surface area contributed by atoms with E-state index in [9.17, 15) is 14.9 Å². The normalized spacial score (nSPS) is 10.1. The van der Waals surface area contributed by atoms with Crippen molar-refractivity contribution in [2.75, 3.05) is 18.9 Å². The van der Waals surface area contributed by atoms with E-state index in [2.05, 4.69) is 15.6 Å². The lowest BCUT2D eigenvalue weighted by atomic mass is 10.1. The van der Waals surface area contributed by atoms with E-state index < -0.39 is 4.92 Å². The molecule has 0 saturated carbocycles. The summed E-state index contributed by atoms with van der Waals surface area (Å²) in [6.07, 6.45) is 2.41. The zero-order valence-electron chi connectivity index (χ0n) is 11.3. The molecule has 0 bridgehead atoms. The summed E-state index contributed by atoms with van der Waals surface area (Å²) >= 11 is 1.54. The van der Waals surface area contributed by atoms with E-state index in [1.807, 2.05) is 5.38 Å². The second-order valence-electron chi connectivity index (χ2n) is 4.17. The molecule has 0 aliphatic heterocycles. The fraction of sp³-hybridized carbons (Fsp3) is 0.231. The molecule has 1 aromatic heterocycles. The predicted octanol–water partition coefficient (Wildman–Crippen LogP) is 2.07. The minimum absolute atomic E-state index is 0.116. The van der Waals surface area contributed by atoms with Gasteiger partial charge in [0.2, 0.25) is 0 Å². The number of nitrogens with zero attached hydrogens (tertiary/aromatic N) is 2. The van der Waals surface area contributed by atoms with Crippen molar-refractivity contribution < 1.29 is 9.72 Å². The van der Waals surface area contributed by atoms with Crippen LogP contribution in [0.1, 0.15) is 15.4 Å². The van der Waals surface area contributed by atoms with Crippen LogP contribution in [0.5, 0.6) is 0 Å². The lowest BCUT2D eigenvalue weighted by molar-refractivity contribution is -0.384. The molecule has 0 fully saturated rings. The summed E-state index contributed by atoms with van der Waals surface area (Å²) in [7, 11) is 1.48. The first-order valence-corrected chi connectivity index (χ1v) is 7.12. The van der Waals surface area contributed by atoms with Gasteiger partial charge in [-0.2, -0.15) is 0 Å². The smallest absolute Gasteiger partial charge is 0.293 e. The topological polar surface area (TPSA) is 97.2 Å². The lowest BCUT2D eigenvalue weighted by Gasteiger charge is -2.07. The molecule has 21 heavy (non-hydrogen) atoms. The third kappa shape index (κ3) is 3.76. The number of carbonyl (C=O) groups excluding carboxylic acids is 1. The number of nitro groups is 1. The Hall–Kier alpha value is -2.48. The van der Waals surface area contributed by atoms with E-state index in [-0.39, 0.29) is 17.2 Å². The summed E-state index contributed by atoms with van der Waals surface area (Å²) in [5.41, 5.74) is 0.536. The summed E-state index contributed by atoms with van der Waals surface area (Å²) in [6, 6.07) is 4.37. The van der Waals surface area contributed by atoms with Gasteiger partial charge in [-0.1, -0.05) is 0 Å². The van der Waals surface area contributed by atoms with Crippen LogP contribution in [0.2, 0.25) is 0 Å². The first-order chi connectivity index (χ1) is 10.1. The maximum absolute atomic E-state index is 11.5. The fourth-order valence-electron chi connectivity index (χ4n) is 1.80. The Bertz CT molecular complexity index is 643. The molecule has 1 aromatic carbocycles. The highest BCUT2D eigenvalue weighted by molar-refractivity contribution is 7.09. The van der Waals surface area contributed by atoms with Gasteiger partial charge in [-0.05, 0) is 12.1 Å². The zero-order chi connectivity index (χ0) is 15.2. The molecule has 8 heteroatoms. The highest BCUT2D eigenvalue weighted by atomic mass is 32.1. The first-order valence-electron chi connectivity index (χ1n) is 6.24. The standard InChI is InChI=1S/C13H14N4O3S/c1-14-13(18)9-2-3-10(11(8-9)17(19)20)15-5-4-12-16-6-7-21-12/h2-3,6-8,15H,4-5H2,1H3,(H,14,18). The van der Waals surface area contributed by atoms with Gasteiger partial charge in [-0.3, -0.25) is 14.9 Å². The van der Waals surface area contributed by atoms with Gasteiger partial charge in [0.25, 0.3) is 11.6 Å². The number of nitrogens with one attached hydrogen (secondary N) is 2. The fourth-order valence-corrected chi connectivity index (χ4v) is 2.42. The van der Waals surface area contributed by atoms with Crippen molar-refractivity contribution in [2.24, 2.45) is 0 Å². The number of thiazole rings is 1. The van der Waals surface area contributed by atoms with Gasteiger partial charge in [-0.25, -0.2) is 4.98 Å². The first kappa shape index (κ1) is 14.9. The molecule has 110 valence electrons. The van der Waals surface area contributed by atoms with Crippen molar-refractivity contribution in [2.45, 2.75) is 6.42 Å². The Morgan fingerprint density at radius 2 is 2.29 bits per heavy atom. The molecule has 0 saturated heterocycles. The Balaban J connectivity index is 2.11. The largest absolute Gasteiger partial charge is 0.379 e. The third-order valence-electron chi connectivity index (χ3n) is 2.82. The number of carbonyl (C=O) groups is 1. The Morgan fingerprint density at radius 1 is 1.48 bits per heavy atom. The number of aromatic nitrogens is 1. The van der Waals surface area contributed by atoms with Gasteiger partial charge in [0.1, 0.15) is 5.69 Å². The van der Waals surface area contributed by atoms with Gasteiger partial charge in [0.05, 0.1) is 9.93 Å². The van der Waals surface area contributed by atoms with E-state index in [1.165, 1.54) is 24.5 Å². The van der Waals surface area contributed by atoms with Gasteiger partial charge in [0, 0.05) is 43.2 Å². The quantitative estimate of drug-likeness (QED) is 0.629. The number of anilines is 1. The molecule has 2 N–H and O–H groups in total. The summed E-state index contributed by atoms with van der Waals surface area (Å²) in [5.74, 6) is -0.354. The number of hydrogen-bond donors (Lipinski definition) is 2. The van der Waals surface area contributed by atoms with E-state index >= 15 is 0 Å². The Kier molecular flexibility index (Phi) is 4.83. The SMILES string of the molecule is CNC(=O)c1ccc(NCCc2nccs2)c([N+](=O)[O-])c1. The van der Waals surface area contributed by atoms with Crippen LogP contribution in [-0.4, -0.2) is 29.4 Å². The van der Waals surface area contributed by atoms with Crippen molar-refractivity contribution in [3.05, 3.63) is 50.5 Å². The second-order valence-corrected chi connectivity index (χ2v) is 5.15. The van der Waals surface area contributed by atoms with E-state index in [4.69, 9.17) is 0 Å². The molecule has 7 nitrogen and oxygen atoms in total. The molecule has 0 spiro atoms. The molecule has 0 atom stereocenters. The molecule has 0 unspecified atom stereocenters. The number of nitro benzene ring substituents is 1. The maximum Gasteiger partial charge on any atom is 0.293 e. The second kappa shape index (κ2) is 6.80. The van der Waals surface area contributed by atoms with Crippen molar-refractivity contribution in [1.82, 2.24) is 10.3 Å². The van der Waals surface area contributed by atoms with Crippen LogP contribution in [0.25, 0.3) is 0 Å². The summed E-state index contributed by atoms with van der Waals surface area (Å²) in [4.78, 5) is 26.3. The van der Waals surface area contributed by atoms with Crippen molar-refractivity contribution in [1.29, 1.82) is 0 Å². The minimum Gasteiger partial charge on any atom is -0.379 e. The van der Waals surface area contributed by atoms with Crippen molar-refractivity contribution in [3.8, 4) is 0 Å². The number of rotatable bonds is 6. The van der Waals surface area contributed by atoms with Gasteiger partial charge < -0.3 is 10.6 Å². The number of hydrogen-bond acceptors (Lipinski definition) is 6. The van der Waals surface area contributed by atoms with Crippen LogP contribution in [0.15, 0.2) is 29.8 Å². The molecule has 2 rings (SSSR count). The Morgan fingerprint density at radius 3 is 2.90 bits per heavy atom. The molecule has 0 radical (unpaired) electrons. The highest BCUT2D eigenvalue weighted by Gasteiger charge is 2.16.